The Balaban J connectivity index is 2.39. The van der Waals surface area contributed by atoms with Gasteiger partial charge in [0.15, 0.2) is 10.1 Å². The number of halogens is 1. The van der Waals surface area contributed by atoms with Gasteiger partial charge in [-0.05, 0) is 19.4 Å². The largest absolute Gasteiger partial charge is 0.330 e. The Morgan fingerprint density at radius 3 is 3.23 bits per heavy atom. The minimum Gasteiger partial charge on any atom is -0.330 e. The van der Waals surface area contributed by atoms with E-state index in [0.717, 1.165) is 23.5 Å². The predicted octanol–water partition coefficient (Wildman–Crippen LogP) is 1.94. The Bertz CT molecular complexity index is 406. The zero-order valence-corrected chi connectivity index (χ0v) is 8.61. The Kier molecular flexibility index (Phi) is 2.53. The number of imidazole rings is 1. The molecule has 0 aliphatic heterocycles. The van der Waals surface area contributed by atoms with Gasteiger partial charge < -0.3 is 5.73 Å². The van der Waals surface area contributed by atoms with Gasteiger partial charge in [0, 0.05) is 11.6 Å². The third-order valence-electron chi connectivity index (χ3n) is 1.93. The monoisotopic (exact) mass is 215 g/mol. The Hall–Kier alpha value is -0.580. The summed E-state index contributed by atoms with van der Waals surface area (Å²) in [4.78, 5) is 5.19. The maximum absolute atomic E-state index is 5.98. The molecule has 70 valence electrons. The van der Waals surface area contributed by atoms with E-state index in [4.69, 9.17) is 17.3 Å². The standard InChI is InChI=1S/C8H10ClN3S/c9-7-6(2-1-3-10)12-4-5-13-8(12)11-7/h4-5H,1-3,10H2. The summed E-state index contributed by atoms with van der Waals surface area (Å²) in [7, 11) is 0. The Morgan fingerprint density at radius 1 is 1.62 bits per heavy atom. The van der Waals surface area contributed by atoms with E-state index in [1.54, 1.807) is 11.3 Å². The highest BCUT2D eigenvalue weighted by Gasteiger charge is 2.09. The molecule has 0 saturated heterocycles. The van der Waals surface area contributed by atoms with Crippen molar-refractivity contribution in [1.29, 1.82) is 0 Å². The van der Waals surface area contributed by atoms with Crippen LogP contribution in [0.5, 0.6) is 0 Å². The summed E-state index contributed by atoms with van der Waals surface area (Å²) < 4.78 is 2.03. The van der Waals surface area contributed by atoms with Crippen molar-refractivity contribution in [1.82, 2.24) is 9.38 Å². The molecule has 0 saturated carbocycles. The highest BCUT2D eigenvalue weighted by molar-refractivity contribution is 7.15. The fourth-order valence-corrected chi connectivity index (χ4v) is 2.35. The third-order valence-corrected chi connectivity index (χ3v) is 2.99. The first kappa shape index (κ1) is 8.99. The molecule has 3 nitrogen and oxygen atoms in total. The Morgan fingerprint density at radius 2 is 2.46 bits per heavy atom. The second-order valence-electron chi connectivity index (χ2n) is 2.80. The van der Waals surface area contributed by atoms with Crippen LogP contribution in [0.1, 0.15) is 12.1 Å². The van der Waals surface area contributed by atoms with Gasteiger partial charge in [0.05, 0.1) is 5.69 Å². The van der Waals surface area contributed by atoms with Crippen molar-refractivity contribution in [3.63, 3.8) is 0 Å². The molecule has 0 aromatic carbocycles. The molecule has 0 atom stereocenters. The highest BCUT2D eigenvalue weighted by Crippen LogP contribution is 2.21. The van der Waals surface area contributed by atoms with Gasteiger partial charge in [-0.3, -0.25) is 4.40 Å². The first-order valence-electron chi connectivity index (χ1n) is 4.13. The zero-order chi connectivity index (χ0) is 9.26. The van der Waals surface area contributed by atoms with E-state index in [0.29, 0.717) is 11.7 Å². The molecular weight excluding hydrogens is 206 g/mol. The van der Waals surface area contributed by atoms with Crippen molar-refractivity contribution < 1.29 is 0 Å². The van der Waals surface area contributed by atoms with Crippen LogP contribution in [0.25, 0.3) is 4.96 Å². The highest BCUT2D eigenvalue weighted by atomic mass is 35.5. The summed E-state index contributed by atoms with van der Waals surface area (Å²) in [5, 5.41) is 2.62. The fraction of sp³-hybridized carbons (Fsp3) is 0.375. The minimum atomic E-state index is 0.611. The van der Waals surface area contributed by atoms with Crippen molar-refractivity contribution in [2.75, 3.05) is 6.54 Å². The number of aromatic nitrogens is 2. The van der Waals surface area contributed by atoms with Crippen molar-refractivity contribution in [2.24, 2.45) is 5.73 Å². The van der Waals surface area contributed by atoms with Crippen LogP contribution >= 0.6 is 22.9 Å². The summed E-state index contributed by atoms with van der Waals surface area (Å²) in [6, 6.07) is 0. The molecule has 2 heterocycles. The molecular formula is C8H10ClN3S. The van der Waals surface area contributed by atoms with E-state index in [9.17, 15) is 0 Å². The van der Waals surface area contributed by atoms with E-state index in [-0.39, 0.29) is 0 Å². The average molecular weight is 216 g/mol. The molecule has 0 unspecified atom stereocenters. The molecule has 0 spiro atoms. The van der Waals surface area contributed by atoms with E-state index in [1.807, 2.05) is 16.0 Å². The number of aryl methyl sites for hydroxylation is 1. The number of rotatable bonds is 3. The van der Waals surface area contributed by atoms with Gasteiger partial charge in [0.1, 0.15) is 0 Å². The van der Waals surface area contributed by atoms with Gasteiger partial charge in [-0.25, -0.2) is 4.98 Å². The molecule has 13 heavy (non-hydrogen) atoms. The topological polar surface area (TPSA) is 43.3 Å². The summed E-state index contributed by atoms with van der Waals surface area (Å²) in [6.45, 7) is 0.688. The molecule has 0 bridgehead atoms. The quantitative estimate of drug-likeness (QED) is 0.851. The number of hydrogen-bond acceptors (Lipinski definition) is 3. The van der Waals surface area contributed by atoms with E-state index < -0.39 is 0 Å². The summed E-state index contributed by atoms with van der Waals surface area (Å²) in [6.07, 6.45) is 3.83. The van der Waals surface area contributed by atoms with Crippen LogP contribution < -0.4 is 5.73 Å². The molecule has 0 fully saturated rings. The lowest BCUT2D eigenvalue weighted by Gasteiger charge is -1.97. The summed E-state index contributed by atoms with van der Waals surface area (Å²) >= 11 is 7.57. The maximum atomic E-state index is 5.98. The van der Waals surface area contributed by atoms with Gasteiger partial charge >= 0.3 is 0 Å². The van der Waals surface area contributed by atoms with Crippen LogP contribution in [0, 0.1) is 0 Å². The van der Waals surface area contributed by atoms with E-state index >= 15 is 0 Å². The molecule has 0 radical (unpaired) electrons. The van der Waals surface area contributed by atoms with Crippen LogP contribution in [0.4, 0.5) is 0 Å². The predicted molar refractivity (Wildman–Crippen MR) is 55.5 cm³/mol. The van der Waals surface area contributed by atoms with Crippen molar-refractivity contribution in [3.05, 3.63) is 22.4 Å². The average Bonchev–Trinajstić information content (AvgIpc) is 2.62. The second-order valence-corrected chi connectivity index (χ2v) is 4.03. The molecule has 2 aromatic heterocycles. The van der Waals surface area contributed by atoms with Crippen LogP contribution in [0.2, 0.25) is 5.15 Å². The van der Waals surface area contributed by atoms with Crippen LogP contribution in [-0.2, 0) is 6.42 Å². The SMILES string of the molecule is NCCCc1c(Cl)nc2sccn12. The molecule has 2 rings (SSSR count). The summed E-state index contributed by atoms with van der Waals surface area (Å²) in [5.41, 5.74) is 6.52. The third kappa shape index (κ3) is 1.57. The van der Waals surface area contributed by atoms with E-state index in [1.165, 1.54) is 0 Å². The second kappa shape index (κ2) is 3.65. The maximum Gasteiger partial charge on any atom is 0.195 e. The van der Waals surface area contributed by atoms with Crippen LogP contribution in [-0.4, -0.2) is 15.9 Å². The normalized spacial score (nSPS) is 11.2. The van der Waals surface area contributed by atoms with Crippen molar-refractivity contribution in [2.45, 2.75) is 12.8 Å². The van der Waals surface area contributed by atoms with E-state index in [2.05, 4.69) is 4.98 Å². The first-order valence-corrected chi connectivity index (χ1v) is 5.38. The van der Waals surface area contributed by atoms with Gasteiger partial charge in [0.2, 0.25) is 0 Å². The van der Waals surface area contributed by atoms with Gasteiger partial charge in [-0.15, -0.1) is 11.3 Å². The zero-order valence-electron chi connectivity index (χ0n) is 7.03. The molecule has 0 aliphatic rings. The van der Waals surface area contributed by atoms with Crippen molar-refractivity contribution in [3.8, 4) is 0 Å². The minimum absolute atomic E-state index is 0.611. The lowest BCUT2D eigenvalue weighted by atomic mass is 10.2. The molecule has 2 N–H and O–H groups in total. The smallest absolute Gasteiger partial charge is 0.195 e. The van der Waals surface area contributed by atoms with Gasteiger partial charge in [-0.2, -0.15) is 0 Å². The Labute approximate surface area is 85.1 Å². The lowest BCUT2D eigenvalue weighted by molar-refractivity contribution is 0.804. The molecule has 0 amide bonds. The summed E-state index contributed by atoms with van der Waals surface area (Å²) in [5.74, 6) is 0. The van der Waals surface area contributed by atoms with Crippen molar-refractivity contribution >= 4 is 27.9 Å². The van der Waals surface area contributed by atoms with Gasteiger partial charge in [-0.1, -0.05) is 11.6 Å². The number of hydrogen-bond donors (Lipinski definition) is 1. The lowest BCUT2D eigenvalue weighted by Crippen LogP contribution is -2.01. The van der Waals surface area contributed by atoms with Crippen LogP contribution in [0.3, 0.4) is 0 Å². The number of nitrogens with zero attached hydrogens (tertiary/aromatic N) is 2. The number of nitrogens with two attached hydrogens (primary N) is 1. The van der Waals surface area contributed by atoms with Gasteiger partial charge in [0.25, 0.3) is 0 Å². The molecule has 0 aliphatic carbocycles. The fourth-order valence-electron chi connectivity index (χ4n) is 1.30. The molecule has 5 heteroatoms. The van der Waals surface area contributed by atoms with Crippen LogP contribution in [0.15, 0.2) is 11.6 Å². The first-order chi connectivity index (χ1) is 6.33. The molecule has 2 aromatic rings. The number of thiazole rings is 1. The number of fused-ring (bicyclic) bond motifs is 1.